The smallest absolute Gasteiger partial charge is 0.337 e. The van der Waals surface area contributed by atoms with Crippen LogP contribution in [0.2, 0.25) is 5.02 Å². The van der Waals surface area contributed by atoms with Gasteiger partial charge in [-0.2, -0.15) is 0 Å². The van der Waals surface area contributed by atoms with Crippen LogP contribution in [0, 0.1) is 23.2 Å². The van der Waals surface area contributed by atoms with Crippen molar-refractivity contribution >= 4 is 29.2 Å². The van der Waals surface area contributed by atoms with Crippen molar-refractivity contribution in [2.24, 2.45) is 23.2 Å². The standard InChI is InChI=1S/C26H28ClNO4/c27-20-3-6-23(22(12-20)25(30)31)28-24(29)19-1-4-21(5-2-19)32-8-7-26-13-16-9-17(14-26)11-18(10-16)15-26/h1-6,12,16-18H,7-11,13-15H2,(H,28,29)(H,30,31). The van der Waals surface area contributed by atoms with Gasteiger partial charge in [-0.1, -0.05) is 11.6 Å². The molecule has 6 rings (SSSR count). The summed E-state index contributed by atoms with van der Waals surface area (Å²) in [5.74, 6) is 2.06. The summed E-state index contributed by atoms with van der Waals surface area (Å²) in [4.78, 5) is 24.0. The number of ether oxygens (including phenoxy) is 1. The Morgan fingerprint density at radius 2 is 1.62 bits per heavy atom. The van der Waals surface area contributed by atoms with Gasteiger partial charge in [-0.05, 0) is 111 Å². The van der Waals surface area contributed by atoms with Crippen LogP contribution in [0.15, 0.2) is 42.5 Å². The third-order valence-corrected chi connectivity index (χ3v) is 7.88. The number of hydrogen-bond acceptors (Lipinski definition) is 3. The number of amides is 1. The predicted octanol–water partition coefficient (Wildman–Crippen LogP) is 6.28. The molecule has 5 nitrogen and oxygen atoms in total. The summed E-state index contributed by atoms with van der Waals surface area (Å²) < 4.78 is 6.04. The first-order valence-electron chi connectivity index (χ1n) is 11.5. The fourth-order valence-electron chi connectivity index (χ4n) is 6.68. The number of hydrogen-bond donors (Lipinski definition) is 2. The molecule has 0 aromatic heterocycles. The van der Waals surface area contributed by atoms with E-state index >= 15 is 0 Å². The van der Waals surface area contributed by atoms with E-state index in [1.54, 1.807) is 30.3 Å². The Bertz CT molecular complexity index is 997. The molecule has 4 saturated carbocycles. The molecule has 2 N–H and O–H groups in total. The number of anilines is 1. The SMILES string of the molecule is O=C(Nc1ccc(Cl)cc1C(=O)O)c1ccc(OCCC23CC4CC(CC(C4)C2)C3)cc1. The van der Waals surface area contributed by atoms with Crippen molar-refractivity contribution in [3.05, 3.63) is 58.6 Å². The molecule has 4 aliphatic carbocycles. The quantitative estimate of drug-likeness (QED) is 0.517. The van der Waals surface area contributed by atoms with Crippen molar-refractivity contribution < 1.29 is 19.4 Å². The summed E-state index contributed by atoms with van der Waals surface area (Å²) in [7, 11) is 0. The van der Waals surface area contributed by atoms with Crippen LogP contribution in [0.4, 0.5) is 5.69 Å². The average molecular weight is 454 g/mol. The third-order valence-electron chi connectivity index (χ3n) is 7.64. The fraction of sp³-hybridized carbons (Fsp3) is 0.462. The Balaban J connectivity index is 1.17. The molecule has 6 heteroatoms. The molecular weight excluding hydrogens is 426 g/mol. The van der Waals surface area contributed by atoms with Gasteiger partial charge >= 0.3 is 5.97 Å². The molecule has 0 aliphatic heterocycles. The monoisotopic (exact) mass is 453 g/mol. The lowest BCUT2D eigenvalue weighted by Crippen LogP contribution is -2.46. The topological polar surface area (TPSA) is 75.6 Å². The van der Waals surface area contributed by atoms with Gasteiger partial charge in [-0.3, -0.25) is 4.79 Å². The van der Waals surface area contributed by atoms with Crippen molar-refractivity contribution in [2.75, 3.05) is 11.9 Å². The number of halogens is 1. The van der Waals surface area contributed by atoms with Crippen LogP contribution in [0.1, 0.15) is 65.7 Å². The van der Waals surface area contributed by atoms with Gasteiger partial charge in [0, 0.05) is 10.6 Å². The van der Waals surface area contributed by atoms with E-state index in [4.69, 9.17) is 16.3 Å². The summed E-state index contributed by atoms with van der Waals surface area (Å²) in [6.07, 6.45) is 9.61. The lowest BCUT2D eigenvalue weighted by molar-refractivity contribution is -0.0622. The van der Waals surface area contributed by atoms with Gasteiger partial charge in [0.05, 0.1) is 17.9 Å². The van der Waals surface area contributed by atoms with Crippen LogP contribution < -0.4 is 10.1 Å². The molecule has 2 aromatic rings. The zero-order valence-electron chi connectivity index (χ0n) is 18.0. The van der Waals surface area contributed by atoms with Crippen molar-refractivity contribution in [1.82, 2.24) is 0 Å². The Kier molecular flexibility index (Phi) is 5.62. The Hall–Kier alpha value is -2.53. The van der Waals surface area contributed by atoms with Crippen LogP contribution in [0.3, 0.4) is 0 Å². The maximum absolute atomic E-state index is 12.6. The van der Waals surface area contributed by atoms with Crippen LogP contribution >= 0.6 is 11.6 Å². The molecule has 168 valence electrons. The molecule has 0 radical (unpaired) electrons. The molecule has 0 saturated heterocycles. The minimum Gasteiger partial charge on any atom is -0.494 e. The average Bonchev–Trinajstić information content (AvgIpc) is 2.74. The minimum absolute atomic E-state index is 0.0459. The number of rotatable bonds is 7. The van der Waals surface area contributed by atoms with E-state index in [1.807, 2.05) is 0 Å². The molecular formula is C26H28ClNO4. The first-order valence-corrected chi connectivity index (χ1v) is 11.8. The number of nitrogens with one attached hydrogen (secondary N) is 1. The third kappa shape index (κ3) is 4.36. The Labute approximate surface area is 193 Å². The highest BCUT2D eigenvalue weighted by molar-refractivity contribution is 6.31. The highest BCUT2D eigenvalue weighted by atomic mass is 35.5. The lowest BCUT2D eigenvalue weighted by atomic mass is 9.49. The second-order valence-corrected chi connectivity index (χ2v) is 10.4. The van der Waals surface area contributed by atoms with Crippen LogP contribution in [0.25, 0.3) is 0 Å². The van der Waals surface area contributed by atoms with Crippen LogP contribution in [-0.2, 0) is 0 Å². The van der Waals surface area contributed by atoms with Gasteiger partial charge in [0.2, 0.25) is 0 Å². The van der Waals surface area contributed by atoms with E-state index in [0.717, 1.165) is 29.9 Å². The maximum Gasteiger partial charge on any atom is 0.337 e. The van der Waals surface area contributed by atoms with E-state index in [9.17, 15) is 14.7 Å². The predicted molar refractivity (Wildman–Crippen MR) is 124 cm³/mol. The molecule has 4 fully saturated rings. The van der Waals surface area contributed by atoms with E-state index in [-0.39, 0.29) is 17.2 Å². The lowest BCUT2D eigenvalue weighted by Gasteiger charge is -2.57. The fourth-order valence-corrected chi connectivity index (χ4v) is 6.85. The van der Waals surface area contributed by atoms with Crippen LogP contribution in [-0.4, -0.2) is 23.6 Å². The number of benzene rings is 2. The van der Waals surface area contributed by atoms with Crippen molar-refractivity contribution in [3.8, 4) is 5.75 Å². The van der Waals surface area contributed by atoms with Gasteiger partial charge in [0.25, 0.3) is 5.91 Å². The molecule has 4 aliphatic rings. The highest BCUT2D eigenvalue weighted by Gasteiger charge is 2.50. The zero-order chi connectivity index (χ0) is 22.3. The van der Waals surface area contributed by atoms with Crippen LogP contribution in [0.5, 0.6) is 5.75 Å². The van der Waals surface area contributed by atoms with Gasteiger partial charge in [0.1, 0.15) is 5.75 Å². The zero-order valence-corrected chi connectivity index (χ0v) is 18.7. The van der Waals surface area contributed by atoms with E-state index in [1.165, 1.54) is 50.7 Å². The second kappa shape index (κ2) is 8.43. The number of carbonyl (C=O) groups is 2. The molecule has 2 aromatic carbocycles. The normalized spacial score (nSPS) is 27.8. The molecule has 0 atom stereocenters. The maximum atomic E-state index is 12.6. The largest absolute Gasteiger partial charge is 0.494 e. The molecule has 0 heterocycles. The molecule has 1 amide bonds. The van der Waals surface area contributed by atoms with Crippen molar-refractivity contribution in [2.45, 2.75) is 44.9 Å². The molecule has 0 unspecified atom stereocenters. The Morgan fingerprint density at radius 3 is 2.22 bits per heavy atom. The molecule has 0 spiro atoms. The van der Waals surface area contributed by atoms with Gasteiger partial charge in [0.15, 0.2) is 0 Å². The first-order chi connectivity index (χ1) is 15.4. The van der Waals surface area contributed by atoms with Crippen molar-refractivity contribution in [1.29, 1.82) is 0 Å². The summed E-state index contributed by atoms with van der Waals surface area (Å²) in [5.41, 5.74) is 1.10. The highest BCUT2D eigenvalue weighted by Crippen LogP contribution is 2.61. The molecule has 32 heavy (non-hydrogen) atoms. The van der Waals surface area contributed by atoms with E-state index in [2.05, 4.69) is 5.32 Å². The minimum atomic E-state index is -1.15. The van der Waals surface area contributed by atoms with E-state index in [0.29, 0.717) is 22.6 Å². The first kappa shape index (κ1) is 21.3. The van der Waals surface area contributed by atoms with Crippen molar-refractivity contribution in [3.63, 3.8) is 0 Å². The number of carboxylic acids is 1. The van der Waals surface area contributed by atoms with E-state index < -0.39 is 5.97 Å². The summed E-state index contributed by atoms with van der Waals surface area (Å²) >= 11 is 5.87. The number of carbonyl (C=O) groups excluding carboxylic acids is 1. The number of aromatic carboxylic acids is 1. The van der Waals surface area contributed by atoms with Gasteiger partial charge < -0.3 is 15.2 Å². The summed E-state index contributed by atoms with van der Waals surface area (Å²) in [6.45, 7) is 0.713. The Morgan fingerprint density at radius 1 is 1.00 bits per heavy atom. The number of carboxylic acid groups (broad SMARTS) is 1. The van der Waals surface area contributed by atoms with Gasteiger partial charge in [-0.15, -0.1) is 0 Å². The molecule has 4 bridgehead atoms. The summed E-state index contributed by atoms with van der Waals surface area (Å²) in [6, 6.07) is 11.4. The summed E-state index contributed by atoms with van der Waals surface area (Å²) in [5, 5.41) is 12.3. The second-order valence-electron chi connectivity index (χ2n) is 9.99. The van der Waals surface area contributed by atoms with Gasteiger partial charge in [-0.25, -0.2) is 4.79 Å².